The van der Waals surface area contributed by atoms with Gasteiger partial charge in [0.15, 0.2) is 0 Å². The first kappa shape index (κ1) is 7.74. The second-order valence-corrected chi connectivity index (χ2v) is 3.01. The van der Waals surface area contributed by atoms with Gasteiger partial charge in [0.2, 0.25) is 0 Å². The lowest BCUT2D eigenvalue weighted by molar-refractivity contribution is 0.364. The maximum Gasteiger partial charge on any atom is -0.0213 e. The van der Waals surface area contributed by atoms with E-state index in [4.69, 9.17) is 0 Å². The third-order valence-electron chi connectivity index (χ3n) is 1.59. The van der Waals surface area contributed by atoms with E-state index in [2.05, 4.69) is 34.3 Å². The molecule has 0 aromatic rings. The summed E-state index contributed by atoms with van der Waals surface area (Å²) in [6.45, 7) is 14.0. The minimum absolute atomic E-state index is 0.141. The van der Waals surface area contributed by atoms with E-state index in [9.17, 15) is 0 Å². The molecule has 0 fully saturated rings. The van der Waals surface area contributed by atoms with Crippen LogP contribution in [0.15, 0.2) is 12.7 Å². The second kappa shape index (κ2) is 2.34. The van der Waals surface area contributed by atoms with Crippen molar-refractivity contribution in [2.24, 2.45) is 11.3 Å². The predicted molar refractivity (Wildman–Crippen MR) is 38.5 cm³/mol. The van der Waals surface area contributed by atoms with E-state index in [-0.39, 0.29) is 5.41 Å². The molecule has 1 unspecified atom stereocenters. The lowest BCUT2D eigenvalue weighted by Gasteiger charge is -2.23. The topological polar surface area (TPSA) is 0 Å². The maximum atomic E-state index is 3.97. The molecule has 0 heteroatoms. The van der Waals surface area contributed by atoms with Crippen LogP contribution in [0.5, 0.6) is 0 Å². The molecular formula is C8H15. The largest absolute Gasteiger partial charge is 0.103 e. The van der Waals surface area contributed by atoms with Crippen LogP contribution in [-0.2, 0) is 0 Å². The van der Waals surface area contributed by atoms with Gasteiger partial charge < -0.3 is 0 Å². The van der Waals surface area contributed by atoms with E-state index in [1.807, 2.05) is 6.08 Å². The Morgan fingerprint density at radius 3 is 1.88 bits per heavy atom. The zero-order valence-corrected chi connectivity index (χ0v) is 6.07. The lowest BCUT2D eigenvalue weighted by Crippen LogP contribution is -2.14. The standard InChI is InChI=1S/C8H15/c1-6-7(2)8(3,4)5/h6-7H,1,3H2,2,4-5H3. The minimum atomic E-state index is 0.141. The molecule has 1 radical (unpaired) electrons. The molecule has 0 aromatic heterocycles. The lowest BCUT2D eigenvalue weighted by atomic mass is 9.82. The van der Waals surface area contributed by atoms with Gasteiger partial charge >= 0.3 is 0 Å². The van der Waals surface area contributed by atoms with Crippen LogP contribution >= 0.6 is 0 Å². The summed E-state index contributed by atoms with van der Waals surface area (Å²) in [5.41, 5.74) is 0.141. The summed E-state index contributed by atoms with van der Waals surface area (Å²) < 4.78 is 0. The van der Waals surface area contributed by atoms with Gasteiger partial charge in [-0.05, 0) is 18.3 Å². The quantitative estimate of drug-likeness (QED) is 0.480. The molecule has 0 aliphatic heterocycles. The maximum absolute atomic E-state index is 3.97. The van der Waals surface area contributed by atoms with Gasteiger partial charge in [-0.15, -0.1) is 6.58 Å². The molecule has 1 atom stereocenters. The van der Waals surface area contributed by atoms with Crippen molar-refractivity contribution in [2.75, 3.05) is 0 Å². The fourth-order valence-corrected chi connectivity index (χ4v) is 0.319. The fourth-order valence-electron chi connectivity index (χ4n) is 0.319. The first-order valence-electron chi connectivity index (χ1n) is 2.96. The summed E-state index contributed by atoms with van der Waals surface area (Å²) in [6, 6.07) is 0. The van der Waals surface area contributed by atoms with E-state index in [1.54, 1.807) is 0 Å². The van der Waals surface area contributed by atoms with E-state index in [0.717, 1.165) is 0 Å². The summed E-state index contributed by atoms with van der Waals surface area (Å²) in [7, 11) is 0. The molecule has 47 valence electrons. The van der Waals surface area contributed by atoms with Crippen molar-refractivity contribution < 1.29 is 0 Å². The van der Waals surface area contributed by atoms with Crippen molar-refractivity contribution in [1.82, 2.24) is 0 Å². The Morgan fingerprint density at radius 2 is 1.88 bits per heavy atom. The highest BCUT2D eigenvalue weighted by molar-refractivity contribution is 4.88. The van der Waals surface area contributed by atoms with Crippen LogP contribution in [-0.4, -0.2) is 0 Å². The van der Waals surface area contributed by atoms with Gasteiger partial charge in [-0.1, -0.05) is 26.8 Å². The van der Waals surface area contributed by atoms with E-state index in [0.29, 0.717) is 5.92 Å². The van der Waals surface area contributed by atoms with Crippen molar-refractivity contribution in [2.45, 2.75) is 20.8 Å². The molecule has 0 nitrogen and oxygen atoms in total. The molecule has 0 N–H and O–H groups in total. The Kier molecular flexibility index (Phi) is 2.26. The molecule has 0 amide bonds. The van der Waals surface area contributed by atoms with E-state index in [1.165, 1.54) is 0 Å². The highest BCUT2D eigenvalue weighted by Gasteiger charge is 2.15. The number of hydrogen-bond donors (Lipinski definition) is 0. The van der Waals surface area contributed by atoms with Crippen LogP contribution in [0.1, 0.15) is 20.8 Å². The van der Waals surface area contributed by atoms with E-state index >= 15 is 0 Å². The summed E-state index contributed by atoms with van der Waals surface area (Å²) in [4.78, 5) is 0. The fraction of sp³-hybridized carbons (Fsp3) is 0.625. The summed E-state index contributed by atoms with van der Waals surface area (Å²) in [6.07, 6.45) is 1.94. The minimum Gasteiger partial charge on any atom is -0.103 e. The van der Waals surface area contributed by atoms with Gasteiger partial charge in [0.25, 0.3) is 0 Å². The van der Waals surface area contributed by atoms with Crippen LogP contribution in [0.3, 0.4) is 0 Å². The molecule has 0 aliphatic carbocycles. The normalized spacial score (nSPS) is 15.5. The molecule has 0 heterocycles. The van der Waals surface area contributed by atoms with Crippen molar-refractivity contribution in [3.63, 3.8) is 0 Å². The SMILES string of the molecule is [CH2]C(C)(C)C(C)C=C. The third kappa shape index (κ3) is 2.15. The average molecular weight is 111 g/mol. The van der Waals surface area contributed by atoms with Crippen molar-refractivity contribution in [1.29, 1.82) is 0 Å². The molecule has 0 aromatic carbocycles. The number of hydrogen-bond acceptors (Lipinski definition) is 0. The molecule has 8 heavy (non-hydrogen) atoms. The molecular weight excluding hydrogens is 96.1 g/mol. The van der Waals surface area contributed by atoms with Crippen molar-refractivity contribution in [3.8, 4) is 0 Å². The zero-order chi connectivity index (χ0) is 6.78. The van der Waals surface area contributed by atoms with Gasteiger partial charge in [0.1, 0.15) is 0 Å². The van der Waals surface area contributed by atoms with Crippen LogP contribution < -0.4 is 0 Å². The Labute approximate surface area is 52.6 Å². The molecule has 0 rings (SSSR count). The average Bonchev–Trinajstić information content (AvgIpc) is 1.62. The van der Waals surface area contributed by atoms with Crippen molar-refractivity contribution >= 4 is 0 Å². The smallest absolute Gasteiger partial charge is 0.0213 e. The van der Waals surface area contributed by atoms with Crippen LogP contribution in [0.4, 0.5) is 0 Å². The van der Waals surface area contributed by atoms with Crippen LogP contribution in [0, 0.1) is 18.3 Å². The first-order valence-corrected chi connectivity index (χ1v) is 2.96. The van der Waals surface area contributed by atoms with Gasteiger partial charge in [0.05, 0.1) is 0 Å². The summed E-state index contributed by atoms with van der Waals surface area (Å²) in [5, 5.41) is 0. The molecule has 0 saturated carbocycles. The van der Waals surface area contributed by atoms with Crippen molar-refractivity contribution in [3.05, 3.63) is 19.6 Å². The number of rotatable bonds is 2. The van der Waals surface area contributed by atoms with Gasteiger partial charge in [0, 0.05) is 0 Å². The zero-order valence-electron chi connectivity index (χ0n) is 6.07. The Bertz CT molecular complexity index is 74.5. The second-order valence-electron chi connectivity index (χ2n) is 3.01. The summed E-state index contributed by atoms with van der Waals surface area (Å²) in [5.74, 6) is 0.502. The Hall–Kier alpha value is -0.260. The monoisotopic (exact) mass is 111 g/mol. The Morgan fingerprint density at radius 1 is 1.50 bits per heavy atom. The van der Waals surface area contributed by atoms with E-state index < -0.39 is 0 Å². The molecule has 0 bridgehead atoms. The van der Waals surface area contributed by atoms with Crippen LogP contribution in [0.2, 0.25) is 0 Å². The van der Waals surface area contributed by atoms with Gasteiger partial charge in [-0.3, -0.25) is 0 Å². The third-order valence-corrected chi connectivity index (χ3v) is 1.59. The highest BCUT2D eigenvalue weighted by atomic mass is 14.2. The van der Waals surface area contributed by atoms with Crippen LogP contribution in [0.25, 0.3) is 0 Å². The molecule has 0 spiro atoms. The Balaban J connectivity index is 3.80. The first-order chi connectivity index (χ1) is 3.48. The predicted octanol–water partition coefficient (Wildman–Crippen LogP) is 2.67. The number of allylic oxidation sites excluding steroid dienone is 1. The van der Waals surface area contributed by atoms with Gasteiger partial charge in [-0.25, -0.2) is 0 Å². The molecule has 0 saturated heterocycles. The highest BCUT2D eigenvalue weighted by Crippen LogP contribution is 2.24. The van der Waals surface area contributed by atoms with Gasteiger partial charge in [-0.2, -0.15) is 0 Å². The molecule has 0 aliphatic rings. The summed E-state index contributed by atoms with van der Waals surface area (Å²) >= 11 is 0.